The topological polar surface area (TPSA) is 15.3 Å². The van der Waals surface area contributed by atoms with Gasteiger partial charge in [0, 0.05) is 18.6 Å². The molecule has 2 nitrogen and oxygen atoms in total. The van der Waals surface area contributed by atoms with Gasteiger partial charge in [-0.1, -0.05) is 41.5 Å². The van der Waals surface area contributed by atoms with Crippen molar-refractivity contribution >= 4 is 0 Å². The minimum Gasteiger partial charge on any atom is -0.314 e. The Hall–Kier alpha value is -0.0800. The van der Waals surface area contributed by atoms with Gasteiger partial charge in [0.2, 0.25) is 0 Å². The van der Waals surface area contributed by atoms with Crippen LogP contribution < -0.4 is 5.32 Å². The summed E-state index contributed by atoms with van der Waals surface area (Å²) >= 11 is 0. The Bertz CT molecular complexity index is 166. The van der Waals surface area contributed by atoms with Crippen LogP contribution >= 0.6 is 0 Å². The van der Waals surface area contributed by atoms with Gasteiger partial charge in [-0.2, -0.15) is 0 Å². The zero-order valence-corrected chi connectivity index (χ0v) is 12.4. The van der Waals surface area contributed by atoms with Crippen LogP contribution in [0.4, 0.5) is 0 Å². The van der Waals surface area contributed by atoms with Crippen molar-refractivity contribution in [1.29, 1.82) is 0 Å². The molecule has 0 rings (SSSR count). The number of hydrogen-bond acceptors (Lipinski definition) is 2. The summed E-state index contributed by atoms with van der Waals surface area (Å²) in [7, 11) is 0. The summed E-state index contributed by atoms with van der Waals surface area (Å²) in [6, 6.07) is 1.26. The largest absolute Gasteiger partial charge is 0.314 e. The van der Waals surface area contributed by atoms with E-state index in [1.165, 1.54) is 6.54 Å². The second-order valence-electron chi connectivity index (χ2n) is 5.76. The van der Waals surface area contributed by atoms with Crippen molar-refractivity contribution in [1.82, 2.24) is 10.2 Å². The molecule has 0 heterocycles. The maximum absolute atomic E-state index is 3.53. The van der Waals surface area contributed by atoms with Crippen LogP contribution in [-0.4, -0.2) is 36.6 Å². The Labute approximate surface area is 103 Å². The molecule has 0 aromatic carbocycles. The third-order valence-electron chi connectivity index (χ3n) is 3.25. The highest BCUT2D eigenvalue weighted by Crippen LogP contribution is 2.12. The van der Waals surface area contributed by atoms with E-state index in [9.17, 15) is 0 Å². The Morgan fingerprint density at radius 2 is 1.56 bits per heavy atom. The number of nitrogens with one attached hydrogen (secondary N) is 1. The van der Waals surface area contributed by atoms with Crippen molar-refractivity contribution in [2.45, 2.75) is 60.5 Å². The second-order valence-corrected chi connectivity index (χ2v) is 5.76. The summed E-state index contributed by atoms with van der Waals surface area (Å²) in [6.45, 7) is 19.5. The zero-order chi connectivity index (χ0) is 12.7. The lowest BCUT2D eigenvalue weighted by Gasteiger charge is -2.34. The lowest BCUT2D eigenvalue weighted by atomic mass is 10.0. The van der Waals surface area contributed by atoms with Gasteiger partial charge in [-0.3, -0.25) is 0 Å². The van der Waals surface area contributed by atoms with Crippen LogP contribution in [0.25, 0.3) is 0 Å². The summed E-state index contributed by atoms with van der Waals surface area (Å²) in [5.74, 6) is 1.47. The van der Waals surface area contributed by atoms with E-state index >= 15 is 0 Å². The smallest absolute Gasteiger partial charge is 0.0105 e. The van der Waals surface area contributed by atoms with Gasteiger partial charge in [0.1, 0.15) is 0 Å². The molecule has 0 radical (unpaired) electrons. The molecule has 2 heteroatoms. The van der Waals surface area contributed by atoms with Gasteiger partial charge < -0.3 is 10.2 Å². The standard InChI is InChI=1S/C14H32N2/c1-8-16(10-11(2)3)14(7)13(6)9-15-12(4)5/h11-15H,8-10H2,1-7H3. The van der Waals surface area contributed by atoms with E-state index in [1.807, 2.05) is 0 Å². The molecule has 0 aliphatic rings. The molecule has 2 unspecified atom stereocenters. The summed E-state index contributed by atoms with van der Waals surface area (Å²) < 4.78 is 0. The second kappa shape index (κ2) is 8.08. The molecule has 0 saturated carbocycles. The van der Waals surface area contributed by atoms with E-state index in [4.69, 9.17) is 0 Å². The third kappa shape index (κ3) is 6.49. The van der Waals surface area contributed by atoms with Crippen molar-refractivity contribution in [3.05, 3.63) is 0 Å². The molecule has 0 aliphatic carbocycles. The number of hydrogen-bond donors (Lipinski definition) is 1. The van der Waals surface area contributed by atoms with E-state index in [2.05, 4.69) is 58.7 Å². The predicted octanol–water partition coefficient (Wildman–Crippen LogP) is 2.99. The minimum absolute atomic E-state index is 0.592. The van der Waals surface area contributed by atoms with Crippen LogP contribution in [0.1, 0.15) is 48.5 Å². The molecule has 0 aromatic rings. The first-order valence-electron chi connectivity index (χ1n) is 6.85. The molecule has 16 heavy (non-hydrogen) atoms. The lowest BCUT2D eigenvalue weighted by Crippen LogP contribution is -2.43. The monoisotopic (exact) mass is 228 g/mol. The summed E-state index contributed by atoms with van der Waals surface area (Å²) in [4.78, 5) is 2.59. The Balaban J connectivity index is 4.10. The highest BCUT2D eigenvalue weighted by Gasteiger charge is 2.19. The van der Waals surface area contributed by atoms with Crippen molar-refractivity contribution in [3.8, 4) is 0 Å². The maximum atomic E-state index is 3.53. The molecule has 0 saturated heterocycles. The Morgan fingerprint density at radius 1 is 1.00 bits per heavy atom. The summed E-state index contributed by atoms with van der Waals surface area (Å²) in [5.41, 5.74) is 0. The van der Waals surface area contributed by atoms with E-state index < -0.39 is 0 Å². The first-order valence-corrected chi connectivity index (χ1v) is 6.85. The number of rotatable bonds is 8. The fourth-order valence-electron chi connectivity index (χ4n) is 2.00. The molecular formula is C14H32N2. The first-order chi connectivity index (χ1) is 7.38. The van der Waals surface area contributed by atoms with Crippen LogP contribution in [0.2, 0.25) is 0 Å². The number of nitrogens with zero attached hydrogens (tertiary/aromatic N) is 1. The van der Waals surface area contributed by atoms with Gasteiger partial charge in [-0.05, 0) is 31.8 Å². The molecule has 0 amide bonds. The van der Waals surface area contributed by atoms with Gasteiger partial charge in [0.15, 0.2) is 0 Å². The molecule has 1 N–H and O–H groups in total. The highest BCUT2D eigenvalue weighted by molar-refractivity contribution is 4.75. The maximum Gasteiger partial charge on any atom is 0.0105 e. The van der Waals surface area contributed by atoms with Crippen LogP contribution in [0.15, 0.2) is 0 Å². The SMILES string of the molecule is CCN(CC(C)C)C(C)C(C)CNC(C)C. The van der Waals surface area contributed by atoms with Crippen molar-refractivity contribution < 1.29 is 0 Å². The van der Waals surface area contributed by atoms with E-state index in [0.717, 1.165) is 19.0 Å². The fraction of sp³-hybridized carbons (Fsp3) is 1.00. The molecule has 2 atom stereocenters. The van der Waals surface area contributed by atoms with Crippen LogP contribution in [0.5, 0.6) is 0 Å². The van der Waals surface area contributed by atoms with Gasteiger partial charge in [0.05, 0.1) is 0 Å². The van der Waals surface area contributed by atoms with E-state index in [0.29, 0.717) is 18.0 Å². The zero-order valence-electron chi connectivity index (χ0n) is 12.4. The molecule has 0 bridgehead atoms. The third-order valence-corrected chi connectivity index (χ3v) is 3.25. The van der Waals surface area contributed by atoms with Crippen molar-refractivity contribution in [2.24, 2.45) is 11.8 Å². The average molecular weight is 228 g/mol. The van der Waals surface area contributed by atoms with Gasteiger partial charge in [-0.15, -0.1) is 0 Å². The molecule has 0 aliphatic heterocycles. The van der Waals surface area contributed by atoms with Crippen LogP contribution in [0, 0.1) is 11.8 Å². The molecule has 98 valence electrons. The van der Waals surface area contributed by atoms with Crippen molar-refractivity contribution in [2.75, 3.05) is 19.6 Å². The fourth-order valence-corrected chi connectivity index (χ4v) is 2.00. The first kappa shape index (κ1) is 15.9. The highest BCUT2D eigenvalue weighted by atomic mass is 15.2. The van der Waals surface area contributed by atoms with E-state index in [1.54, 1.807) is 0 Å². The minimum atomic E-state index is 0.592. The summed E-state index contributed by atoms with van der Waals surface area (Å²) in [6.07, 6.45) is 0. The molecule has 0 spiro atoms. The quantitative estimate of drug-likeness (QED) is 0.687. The van der Waals surface area contributed by atoms with Gasteiger partial charge in [-0.25, -0.2) is 0 Å². The Kier molecular flexibility index (Phi) is 8.04. The lowest BCUT2D eigenvalue weighted by molar-refractivity contribution is 0.149. The normalized spacial score (nSPS) is 16.1. The molecule has 0 aromatic heterocycles. The predicted molar refractivity (Wildman–Crippen MR) is 73.8 cm³/mol. The van der Waals surface area contributed by atoms with E-state index in [-0.39, 0.29) is 0 Å². The average Bonchev–Trinajstić information content (AvgIpc) is 2.21. The van der Waals surface area contributed by atoms with Crippen molar-refractivity contribution in [3.63, 3.8) is 0 Å². The van der Waals surface area contributed by atoms with Gasteiger partial charge in [0.25, 0.3) is 0 Å². The van der Waals surface area contributed by atoms with Crippen LogP contribution in [-0.2, 0) is 0 Å². The molecular weight excluding hydrogens is 196 g/mol. The summed E-state index contributed by atoms with van der Waals surface area (Å²) in [5, 5.41) is 3.53. The van der Waals surface area contributed by atoms with Gasteiger partial charge >= 0.3 is 0 Å². The molecule has 0 fully saturated rings. The Morgan fingerprint density at radius 3 is 1.94 bits per heavy atom. The van der Waals surface area contributed by atoms with Crippen LogP contribution in [0.3, 0.4) is 0 Å².